The number of benzene rings is 1. The molecule has 1 aliphatic heterocycles. The van der Waals surface area contributed by atoms with E-state index in [1.54, 1.807) is 0 Å². The van der Waals surface area contributed by atoms with E-state index in [0.29, 0.717) is 50.4 Å². The van der Waals surface area contributed by atoms with E-state index in [1.807, 2.05) is 0 Å². The lowest BCUT2D eigenvalue weighted by Gasteiger charge is -2.48. The maximum absolute atomic E-state index is 12.8. The zero-order valence-electron chi connectivity index (χ0n) is 21.0. The predicted octanol–water partition coefficient (Wildman–Crippen LogP) is 3.21. The highest BCUT2D eigenvalue weighted by Gasteiger charge is 2.42. The molecule has 0 bridgehead atoms. The number of aliphatic hydroxyl groups is 1. The SMILES string of the molecule is O=C(CNC(=O)c1cccc(C(F)(F)F)c1)NC1CN([C@H]2CC[C@@](O)(c3ccc(C(=O)C(F)(F)F)nc3)CC2)C1. The van der Waals surface area contributed by atoms with Gasteiger partial charge >= 0.3 is 12.4 Å². The summed E-state index contributed by atoms with van der Waals surface area (Å²) >= 11 is 0. The van der Waals surface area contributed by atoms with Crippen LogP contribution in [0.5, 0.6) is 0 Å². The molecule has 1 aromatic heterocycles. The fourth-order valence-corrected chi connectivity index (χ4v) is 4.96. The minimum absolute atomic E-state index is 0.119. The molecule has 14 heteroatoms. The van der Waals surface area contributed by atoms with Crippen molar-refractivity contribution >= 4 is 17.6 Å². The van der Waals surface area contributed by atoms with Crippen molar-refractivity contribution in [3.8, 4) is 0 Å². The molecule has 2 aromatic rings. The zero-order chi connectivity index (χ0) is 29.3. The highest BCUT2D eigenvalue weighted by atomic mass is 19.4. The Bertz CT molecular complexity index is 1250. The van der Waals surface area contributed by atoms with Gasteiger partial charge in [0.1, 0.15) is 5.69 Å². The number of Topliss-reactive ketones (excluding diaryl/α,β-unsaturated/α-hetero) is 1. The molecule has 1 saturated heterocycles. The van der Waals surface area contributed by atoms with Crippen molar-refractivity contribution in [3.63, 3.8) is 0 Å². The van der Waals surface area contributed by atoms with Gasteiger partial charge in [0.15, 0.2) is 0 Å². The molecule has 2 aliphatic rings. The number of hydrogen-bond acceptors (Lipinski definition) is 6. The second-order valence-electron chi connectivity index (χ2n) is 10.0. The van der Waals surface area contributed by atoms with Gasteiger partial charge in [-0.05, 0) is 49.9 Å². The van der Waals surface area contributed by atoms with Crippen molar-refractivity contribution in [3.05, 3.63) is 65.0 Å². The molecule has 4 rings (SSSR count). The standard InChI is InChI=1S/C26H26F6N4O4/c27-25(28,29)16-3-1-2-15(10-16)23(39)34-12-21(37)35-18-13-36(14-18)19-6-8-24(40,9-7-19)17-4-5-20(33-11-17)22(38)26(30,31)32/h1-5,10-11,18-19,40H,6-9,12-14H2,(H,34,39)(H,35,37)/t19-,24-. The lowest BCUT2D eigenvalue weighted by atomic mass is 9.77. The maximum atomic E-state index is 12.8. The molecule has 0 unspecified atom stereocenters. The Morgan fingerprint density at radius 1 is 1.02 bits per heavy atom. The van der Waals surface area contributed by atoms with E-state index in [0.717, 1.165) is 24.4 Å². The van der Waals surface area contributed by atoms with Crippen LogP contribution in [0.3, 0.4) is 0 Å². The summed E-state index contributed by atoms with van der Waals surface area (Å²) in [6.07, 6.45) is -6.67. The third kappa shape index (κ3) is 6.78. The maximum Gasteiger partial charge on any atom is 0.456 e. The van der Waals surface area contributed by atoms with Crippen LogP contribution in [0, 0.1) is 0 Å². The van der Waals surface area contributed by atoms with E-state index in [9.17, 15) is 45.8 Å². The number of hydrogen-bond donors (Lipinski definition) is 3. The molecule has 2 fully saturated rings. The number of alkyl halides is 6. The van der Waals surface area contributed by atoms with Crippen molar-refractivity contribution in [2.45, 2.75) is 55.7 Å². The molecule has 216 valence electrons. The minimum atomic E-state index is -5.03. The summed E-state index contributed by atoms with van der Waals surface area (Å²) in [5.41, 5.74) is -2.86. The molecule has 8 nitrogen and oxygen atoms in total. The van der Waals surface area contributed by atoms with Crippen LogP contribution in [0.15, 0.2) is 42.6 Å². The number of amides is 2. The van der Waals surface area contributed by atoms with Gasteiger partial charge in [0, 0.05) is 36.5 Å². The number of aromatic nitrogens is 1. The van der Waals surface area contributed by atoms with Crippen LogP contribution in [0.25, 0.3) is 0 Å². The average molecular weight is 573 g/mol. The number of nitrogens with one attached hydrogen (secondary N) is 2. The zero-order valence-corrected chi connectivity index (χ0v) is 21.0. The smallest absolute Gasteiger partial charge is 0.385 e. The highest BCUT2D eigenvalue weighted by molar-refractivity contribution is 5.98. The second kappa shape index (κ2) is 11.2. The van der Waals surface area contributed by atoms with Gasteiger partial charge in [0.2, 0.25) is 5.91 Å². The van der Waals surface area contributed by atoms with Crippen molar-refractivity contribution in [1.29, 1.82) is 0 Å². The number of ketones is 1. The van der Waals surface area contributed by atoms with E-state index < -0.39 is 53.4 Å². The van der Waals surface area contributed by atoms with Crippen LogP contribution in [-0.4, -0.2) is 70.5 Å². The van der Waals surface area contributed by atoms with Gasteiger partial charge in [-0.25, -0.2) is 0 Å². The van der Waals surface area contributed by atoms with Gasteiger partial charge < -0.3 is 15.7 Å². The van der Waals surface area contributed by atoms with Gasteiger partial charge in [-0.15, -0.1) is 0 Å². The summed E-state index contributed by atoms with van der Waals surface area (Å²) in [5, 5.41) is 16.1. The molecule has 0 spiro atoms. The lowest BCUT2D eigenvalue weighted by Crippen LogP contribution is -2.63. The fourth-order valence-electron chi connectivity index (χ4n) is 4.96. The Morgan fingerprint density at radius 3 is 2.27 bits per heavy atom. The summed E-state index contributed by atoms with van der Waals surface area (Å²) < 4.78 is 76.2. The molecule has 0 radical (unpaired) electrons. The molecule has 2 amide bonds. The second-order valence-corrected chi connectivity index (χ2v) is 10.0. The number of pyridine rings is 1. The van der Waals surface area contributed by atoms with Crippen LogP contribution >= 0.6 is 0 Å². The van der Waals surface area contributed by atoms with E-state index in [4.69, 9.17) is 0 Å². The van der Waals surface area contributed by atoms with Crippen LogP contribution in [-0.2, 0) is 16.6 Å². The Balaban J connectivity index is 1.19. The summed E-state index contributed by atoms with van der Waals surface area (Å²) in [6.45, 7) is 0.669. The third-order valence-corrected chi connectivity index (χ3v) is 7.23. The summed E-state index contributed by atoms with van der Waals surface area (Å²) in [6, 6.07) is 6.07. The first-order valence-corrected chi connectivity index (χ1v) is 12.4. The van der Waals surface area contributed by atoms with Crippen LogP contribution in [0.2, 0.25) is 0 Å². The third-order valence-electron chi connectivity index (χ3n) is 7.23. The molecular formula is C26H26F6N4O4. The van der Waals surface area contributed by atoms with Crippen LogP contribution in [0.1, 0.15) is 57.7 Å². The van der Waals surface area contributed by atoms with E-state index in [2.05, 4.69) is 20.5 Å². The van der Waals surface area contributed by atoms with Gasteiger partial charge in [0.25, 0.3) is 11.7 Å². The van der Waals surface area contributed by atoms with Crippen molar-refractivity contribution in [2.75, 3.05) is 19.6 Å². The first-order valence-electron chi connectivity index (χ1n) is 12.4. The quantitative estimate of drug-likeness (QED) is 0.347. The van der Waals surface area contributed by atoms with E-state index >= 15 is 0 Å². The molecule has 1 aliphatic carbocycles. The monoisotopic (exact) mass is 572 g/mol. The first kappa shape index (κ1) is 29.5. The summed E-state index contributed by atoms with van der Waals surface area (Å²) in [4.78, 5) is 41.4. The molecule has 3 N–H and O–H groups in total. The Morgan fingerprint density at radius 2 is 1.70 bits per heavy atom. The van der Waals surface area contributed by atoms with E-state index in [-0.39, 0.29) is 17.6 Å². The number of nitrogens with zero attached hydrogens (tertiary/aromatic N) is 2. The van der Waals surface area contributed by atoms with Crippen molar-refractivity contribution in [2.24, 2.45) is 0 Å². The molecule has 0 atom stereocenters. The largest absolute Gasteiger partial charge is 0.456 e. The highest BCUT2D eigenvalue weighted by Crippen LogP contribution is 2.39. The number of carbonyl (C=O) groups is 3. The average Bonchev–Trinajstić information content (AvgIpc) is 2.88. The van der Waals surface area contributed by atoms with Crippen LogP contribution < -0.4 is 10.6 Å². The predicted molar refractivity (Wildman–Crippen MR) is 128 cm³/mol. The summed E-state index contributed by atoms with van der Waals surface area (Å²) in [5.74, 6) is -3.34. The van der Waals surface area contributed by atoms with Gasteiger partial charge in [0.05, 0.1) is 23.8 Å². The first-order chi connectivity index (χ1) is 18.7. The Hall–Kier alpha value is -3.52. The Kier molecular flexibility index (Phi) is 8.22. The molecule has 1 saturated carbocycles. The minimum Gasteiger partial charge on any atom is -0.385 e. The summed E-state index contributed by atoms with van der Waals surface area (Å²) in [7, 11) is 0. The van der Waals surface area contributed by atoms with Gasteiger partial charge in [-0.1, -0.05) is 12.1 Å². The lowest BCUT2D eigenvalue weighted by molar-refractivity contribution is -0.137. The van der Waals surface area contributed by atoms with Crippen molar-refractivity contribution in [1.82, 2.24) is 20.5 Å². The number of rotatable bonds is 7. The molecule has 1 aromatic carbocycles. The number of halogens is 6. The van der Waals surface area contributed by atoms with Crippen molar-refractivity contribution < 1.29 is 45.8 Å². The number of carbonyl (C=O) groups excluding carboxylic acids is 3. The van der Waals surface area contributed by atoms with E-state index in [1.165, 1.54) is 12.1 Å². The fraction of sp³-hybridized carbons (Fsp3) is 0.462. The molecule has 40 heavy (non-hydrogen) atoms. The topological polar surface area (TPSA) is 112 Å². The molecular weight excluding hydrogens is 546 g/mol. The Labute approximate surface area is 224 Å². The molecule has 2 heterocycles. The normalized spacial score (nSPS) is 22.3. The van der Waals surface area contributed by atoms with Crippen LogP contribution in [0.4, 0.5) is 26.3 Å². The van der Waals surface area contributed by atoms with Gasteiger partial charge in [-0.3, -0.25) is 24.3 Å². The van der Waals surface area contributed by atoms with Gasteiger partial charge in [-0.2, -0.15) is 26.3 Å². The number of likely N-dealkylation sites (tertiary alicyclic amines) is 1.